The highest BCUT2D eigenvalue weighted by Gasteiger charge is 2.18. The van der Waals surface area contributed by atoms with Gasteiger partial charge in [-0.2, -0.15) is 8.42 Å². The molecule has 3 aromatic rings. The summed E-state index contributed by atoms with van der Waals surface area (Å²) in [5.74, 6) is -1.02. The minimum Gasteiger partial charge on any atom is -0.379 e. The Kier molecular flexibility index (Phi) is 5.37. The van der Waals surface area contributed by atoms with Crippen molar-refractivity contribution in [1.29, 1.82) is 0 Å². The van der Waals surface area contributed by atoms with Gasteiger partial charge in [-0.25, -0.2) is 4.39 Å². The molecule has 0 heterocycles. The van der Waals surface area contributed by atoms with Crippen LogP contribution in [0.2, 0.25) is 0 Å². The van der Waals surface area contributed by atoms with Crippen LogP contribution in [0, 0.1) is 5.82 Å². The topological polar surface area (TPSA) is 77.5 Å². The van der Waals surface area contributed by atoms with Gasteiger partial charge in [0.15, 0.2) is 11.6 Å². The lowest BCUT2D eigenvalue weighted by Crippen LogP contribution is -2.11. The molecule has 3 aromatic carbocycles. The quantitative estimate of drug-likeness (QED) is 0.463. The van der Waals surface area contributed by atoms with Gasteiger partial charge in [0.05, 0.1) is 0 Å². The molecule has 0 aromatic heterocycles. The van der Waals surface area contributed by atoms with Crippen molar-refractivity contribution in [3.8, 4) is 5.75 Å². The summed E-state index contributed by atoms with van der Waals surface area (Å²) in [5, 5.41) is 0. The molecule has 0 amide bonds. The Morgan fingerprint density at radius 1 is 0.821 bits per heavy atom. The highest BCUT2D eigenvalue weighted by atomic mass is 32.2. The molecule has 142 valence electrons. The Bertz CT molecular complexity index is 1130. The second-order valence-corrected chi connectivity index (χ2v) is 7.53. The molecule has 0 aliphatic heterocycles. The lowest BCUT2D eigenvalue weighted by Gasteiger charge is -2.08. The number of hydrogen-bond donors (Lipinski definition) is 0. The van der Waals surface area contributed by atoms with Crippen LogP contribution in [0.1, 0.15) is 33.2 Å². The first-order chi connectivity index (χ1) is 13.3. The summed E-state index contributed by atoms with van der Waals surface area (Å²) < 4.78 is 42.9. The number of rotatable bonds is 6. The first kappa shape index (κ1) is 19.4. The average molecular weight is 398 g/mol. The SMILES string of the molecule is CC(=O)c1cccc(S(=O)(=O)Oc2ccc(C(=O)c3ccc(F)cc3)cc2)c1. The summed E-state index contributed by atoms with van der Waals surface area (Å²) in [6.07, 6.45) is 0. The fourth-order valence-electron chi connectivity index (χ4n) is 2.48. The van der Waals surface area contributed by atoms with Gasteiger partial charge in [0.1, 0.15) is 16.5 Å². The summed E-state index contributed by atoms with van der Waals surface area (Å²) in [7, 11) is -4.14. The number of Topliss-reactive ketones (excluding diaryl/α,β-unsaturated/α-hetero) is 1. The van der Waals surface area contributed by atoms with Crippen molar-refractivity contribution in [2.24, 2.45) is 0 Å². The third kappa shape index (κ3) is 4.32. The molecule has 0 aliphatic rings. The van der Waals surface area contributed by atoms with Crippen LogP contribution in [0.3, 0.4) is 0 Å². The fraction of sp³-hybridized carbons (Fsp3) is 0.0476. The molecule has 5 nitrogen and oxygen atoms in total. The molecule has 28 heavy (non-hydrogen) atoms. The van der Waals surface area contributed by atoms with Gasteiger partial charge >= 0.3 is 10.1 Å². The predicted octanol–water partition coefficient (Wildman–Crippen LogP) is 4.03. The normalized spacial score (nSPS) is 11.1. The van der Waals surface area contributed by atoms with Crippen LogP contribution >= 0.6 is 0 Å². The molecule has 0 atom stereocenters. The van der Waals surface area contributed by atoms with Crippen molar-refractivity contribution in [1.82, 2.24) is 0 Å². The smallest absolute Gasteiger partial charge is 0.339 e. The van der Waals surface area contributed by atoms with Crippen LogP contribution in [-0.4, -0.2) is 20.0 Å². The van der Waals surface area contributed by atoms with Crippen molar-refractivity contribution < 1.29 is 26.6 Å². The molecular formula is C21H15FO5S. The molecule has 0 fully saturated rings. The van der Waals surface area contributed by atoms with E-state index in [-0.39, 0.29) is 27.8 Å². The van der Waals surface area contributed by atoms with Crippen LogP contribution in [-0.2, 0) is 10.1 Å². The van der Waals surface area contributed by atoms with Gasteiger partial charge in [0.2, 0.25) is 0 Å². The van der Waals surface area contributed by atoms with Crippen LogP contribution in [0.4, 0.5) is 4.39 Å². The van der Waals surface area contributed by atoms with Gasteiger partial charge in [0.25, 0.3) is 0 Å². The van der Waals surface area contributed by atoms with Crippen molar-refractivity contribution in [2.75, 3.05) is 0 Å². The number of hydrogen-bond acceptors (Lipinski definition) is 5. The third-order valence-electron chi connectivity index (χ3n) is 3.96. The summed E-state index contributed by atoms with van der Waals surface area (Å²) in [5.41, 5.74) is 0.864. The number of halogens is 1. The van der Waals surface area contributed by atoms with Crippen LogP contribution in [0.5, 0.6) is 5.75 Å². The fourth-order valence-corrected chi connectivity index (χ4v) is 3.45. The van der Waals surface area contributed by atoms with Gasteiger partial charge < -0.3 is 4.18 Å². The maximum atomic E-state index is 13.0. The number of carbonyl (C=O) groups excluding carboxylic acids is 2. The molecular weight excluding hydrogens is 383 g/mol. The molecule has 0 saturated heterocycles. The van der Waals surface area contributed by atoms with E-state index in [1.54, 1.807) is 0 Å². The average Bonchev–Trinajstić information content (AvgIpc) is 2.68. The molecule has 0 radical (unpaired) electrons. The Morgan fingerprint density at radius 3 is 1.96 bits per heavy atom. The molecule has 0 saturated carbocycles. The number of ketones is 2. The zero-order valence-electron chi connectivity index (χ0n) is 14.8. The summed E-state index contributed by atoms with van der Waals surface area (Å²) in [6.45, 7) is 1.34. The van der Waals surface area contributed by atoms with Crippen molar-refractivity contribution in [3.05, 3.63) is 95.3 Å². The van der Waals surface area contributed by atoms with E-state index >= 15 is 0 Å². The predicted molar refractivity (Wildman–Crippen MR) is 101 cm³/mol. The standard InChI is InChI=1S/C21H15FO5S/c1-14(23)17-3-2-4-20(13-17)28(25,26)27-19-11-7-16(8-12-19)21(24)15-5-9-18(22)10-6-15/h2-13H,1H3. The first-order valence-electron chi connectivity index (χ1n) is 8.22. The van der Waals surface area contributed by atoms with Gasteiger partial charge in [0, 0.05) is 16.7 Å². The molecule has 0 spiro atoms. The summed E-state index contributed by atoms with van der Waals surface area (Å²) in [4.78, 5) is 23.6. The summed E-state index contributed by atoms with van der Waals surface area (Å²) in [6, 6.07) is 16.2. The van der Waals surface area contributed by atoms with E-state index in [0.717, 1.165) is 0 Å². The zero-order chi connectivity index (χ0) is 20.3. The number of carbonyl (C=O) groups is 2. The second-order valence-electron chi connectivity index (χ2n) is 5.98. The molecule has 3 rings (SSSR count). The first-order valence-corrected chi connectivity index (χ1v) is 9.63. The zero-order valence-corrected chi connectivity index (χ0v) is 15.6. The van der Waals surface area contributed by atoms with Gasteiger partial charge in [-0.1, -0.05) is 12.1 Å². The Balaban J connectivity index is 1.80. The lowest BCUT2D eigenvalue weighted by molar-refractivity contribution is 0.101. The third-order valence-corrected chi connectivity index (χ3v) is 5.20. The largest absolute Gasteiger partial charge is 0.379 e. The van der Waals surface area contributed by atoms with Crippen LogP contribution < -0.4 is 4.18 Å². The maximum Gasteiger partial charge on any atom is 0.339 e. The molecule has 0 aliphatic carbocycles. The highest BCUT2D eigenvalue weighted by molar-refractivity contribution is 7.87. The maximum absolute atomic E-state index is 13.0. The Morgan fingerprint density at radius 2 is 1.39 bits per heavy atom. The van der Waals surface area contributed by atoms with E-state index in [0.29, 0.717) is 11.1 Å². The lowest BCUT2D eigenvalue weighted by atomic mass is 10.0. The minimum absolute atomic E-state index is 0.0175. The van der Waals surface area contributed by atoms with Crippen molar-refractivity contribution in [2.45, 2.75) is 11.8 Å². The minimum atomic E-state index is -4.14. The molecule has 7 heteroatoms. The van der Waals surface area contributed by atoms with E-state index < -0.39 is 15.9 Å². The molecule has 0 N–H and O–H groups in total. The summed E-state index contributed by atoms with van der Waals surface area (Å²) >= 11 is 0. The van der Waals surface area contributed by atoms with E-state index in [1.165, 1.54) is 79.7 Å². The van der Waals surface area contributed by atoms with E-state index in [9.17, 15) is 22.4 Å². The van der Waals surface area contributed by atoms with Gasteiger partial charge in [-0.05, 0) is 67.6 Å². The highest BCUT2D eigenvalue weighted by Crippen LogP contribution is 2.21. The van der Waals surface area contributed by atoms with Gasteiger partial charge in [-0.3, -0.25) is 9.59 Å². The van der Waals surface area contributed by atoms with E-state index in [4.69, 9.17) is 4.18 Å². The van der Waals surface area contributed by atoms with Crippen molar-refractivity contribution >= 4 is 21.7 Å². The monoisotopic (exact) mass is 398 g/mol. The van der Waals surface area contributed by atoms with Crippen LogP contribution in [0.15, 0.2) is 77.7 Å². The Hall–Kier alpha value is -3.32. The molecule has 0 bridgehead atoms. The van der Waals surface area contributed by atoms with E-state index in [1.807, 2.05) is 0 Å². The van der Waals surface area contributed by atoms with E-state index in [2.05, 4.69) is 0 Å². The van der Waals surface area contributed by atoms with Crippen LogP contribution in [0.25, 0.3) is 0 Å². The number of benzene rings is 3. The Labute approximate surface area is 161 Å². The molecule has 0 unspecified atom stereocenters. The van der Waals surface area contributed by atoms with Gasteiger partial charge in [-0.15, -0.1) is 0 Å². The van der Waals surface area contributed by atoms with Crippen molar-refractivity contribution in [3.63, 3.8) is 0 Å². The second kappa shape index (κ2) is 7.74.